The second-order valence-corrected chi connectivity index (χ2v) is 9.00. The largest absolute Gasteiger partial charge is 0.493 e. The summed E-state index contributed by atoms with van der Waals surface area (Å²) in [5.74, 6) is 0.785. The highest BCUT2D eigenvalue weighted by molar-refractivity contribution is 5.95. The molecule has 2 fully saturated rings. The third kappa shape index (κ3) is 5.41. The summed E-state index contributed by atoms with van der Waals surface area (Å²) in [6.45, 7) is 6.59. The van der Waals surface area contributed by atoms with Gasteiger partial charge in [0.2, 0.25) is 5.91 Å². The molecular formula is C26H34FN3O2. The number of ether oxygens (including phenoxy) is 1. The Balaban J connectivity index is 1.46. The summed E-state index contributed by atoms with van der Waals surface area (Å²) in [6, 6.07) is 13.2. The van der Waals surface area contributed by atoms with Gasteiger partial charge in [0, 0.05) is 56.1 Å². The fourth-order valence-corrected chi connectivity index (χ4v) is 4.74. The number of amides is 1. The number of carbonyl (C=O) groups is 1. The summed E-state index contributed by atoms with van der Waals surface area (Å²) in [4.78, 5) is 18.7. The Bertz CT molecular complexity index is 918. The van der Waals surface area contributed by atoms with Crippen LogP contribution in [0.1, 0.15) is 44.6 Å². The standard InChI is InChI=1S/C26H34FN3O2/c1-20-6-3-14-29(20)15-5-17-32-25-13-12-24(30-16-4-7-26(30)31)18-21(25)19-28(2)23-10-8-22(27)9-11-23/h8-13,18,20H,3-7,14-17,19H2,1-2H3. The van der Waals surface area contributed by atoms with Gasteiger partial charge < -0.3 is 19.4 Å². The molecule has 0 radical (unpaired) electrons. The number of hydrogen-bond acceptors (Lipinski definition) is 4. The molecule has 1 amide bonds. The van der Waals surface area contributed by atoms with E-state index in [0.717, 1.165) is 48.6 Å². The van der Waals surface area contributed by atoms with Crippen LogP contribution < -0.4 is 14.5 Å². The summed E-state index contributed by atoms with van der Waals surface area (Å²) in [5, 5.41) is 0. The van der Waals surface area contributed by atoms with Crippen LogP contribution in [0.5, 0.6) is 5.75 Å². The van der Waals surface area contributed by atoms with Crippen LogP contribution in [-0.2, 0) is 11.3 Å². The topological polar surface area (TPSA) is 36.0 Å². The smallest absolute Gasteiger partial charge is 0.227 e. The van der Waals surface area contributed by atoms with Crippen LogP contribution in [0.4, 0.5) is 15.8 Å². The van der Waals surface area contributed by atoms with Crippen molar-refractivity contribution in [2.24, 2.45) is 0 Å². The first-order chi connectivity index (χ1) is 15.5. The van der Waals surface area contributed by atoms with Crippen molar-refractivity contribution < 1.29 is 13.9 Å². The van der Waals surface area contributed by atoms with E-state index in [-0.39, 0.29) is 11.7 Å². The van der Waals surface area contributed by atoms with E-state index < -0.39 is 0 Å². The first kappa shape index (κ1) is 22.6. The van der Waals surface area contributed by atoms with Crippen LogP contribution in [0.15, 0.2) is 42.5 Å². The van der Waals surface area contributed by atoms with Gasteiger partial charge in [-0.25, -0.2) is 4.39 Å². The number of hydrogen-bond donors (Lipinski definition) is 0. The molecule has 0 bridgehead atoms. The second kappa shape index (κ2) is 10.3. The molecule has 0 aromatic heterocycles. The van der Waals surface area contributed by atoms with Gasteiger partial charge >= 0.3 is 0 Å². The molecule has 2 aliphatic heterocycles. The van der Waals surface area contributed by atoms with Crippen molar-refractivity contribution in [2.45, 2.75) is 51.6 Å². The van der Waals surface area contributed by atoms with Gasteiger partial charge in [-0.05, 0) is 81.6 Å². The number of benzene rings is 2. The maximum atomic E-state index is 13.3. The molecule has 1 unspecified atom stereocenters. The predicted octanol–water partition coefficient (Wildman–Crippen LogP) is 4.84. The van der Waals surface area contributed by atoms with Crippen molar-refractivity contribution in [3.8, 4) is 5.75 Å². The molecule has 32 heavy (non-hydrogen) atoms. The van der Waals surface area contributed by atoms with Crippen LogP contribution in [-0.4, -0.2) is 50.1 Å². The molecule has 6 heteroatoms. The predicted molar refractivity (Wildman–Crippen MR) is 127 cm³/mol. The van der Waals surface area contributed by atoms with Crippen molar-refractivity contribution in [3.63, 3.8) is 0 Å². The van der Waals surface area contributed by atoms with Gasteiger partial charge in [0.1, 0.15) is 11.6 Å². The van der Waals surface area contributed by atoms with E-state index in [2.05, 4.69) is 22.8 Å². The lowest BCUT2D eigenvalue weighted by Gasteiger charge is -2.24. The first-order valence-corrected chi connectivity index (χ1v) is 11.8. The highest BCUT2D eigenvalue weighted by Gasteiger charge is 2.23. The quantitative estimate of drug-likeness (QED) is 0.524. The molecular weight excluding hydrogens is 405 g/mol. The minimum atomic E-state index is -0.243. The number of likely N-dealkylation sites (tertiary alicyclic amines) is 1. The summed E-state index contributed by atoms with van der Waals surface area (Å²) < 4.78 is 19.5. The summed E-state index contributed by atoms with van der Waals surface area (Å²) in [6.07, 6.45) is 5.08. The normalized spacial score (nSPS) is 19.0. The average Bonchev–Trinajstić information content (AvgIpc) is 3.40. The van der Waals surface area contributed by atoms with Gasteiger partial charge in [-0.1, -0.05) is 0 Å². The van der Waals surface area contributed by atoms with Crippen molar-refractivity contribution in [1.82, 2.24) is 4.90 Å². The Morgan fingerprint density at radius 1 is 1.12 bits per heavy atom. The minimum Gasteiger partial charge on any atom is -0.493 e. The number of anilines is 2. The number of rotatable bonds is 9. The highest BCUT2D eigenvalue weighted by Crippen LogP contribution is 2.30. The molecule has 2 aliphatic rings. The van der Waals surface area contributed by atoms with Crippen molar-refractivity contribution in [1.29, 1.82) is 0 Å². The van der Waals surface area contributed by atoms with E-state index in [1.807, 2.05) is 24.1 Å². The van der Waals surface area contributed by atoms with Crippen LogP contribution in [0.3, 0.4) is 0 Å². The molecule has 0 aliphatic carbocycles. The molecule has 0 N–H and O–H groups in total. The molecule has 5 nitrogen and oxygen atoms in total. The molecule has 0 saturated carbocycles. The first-order valence-electron chi connectivity index (χ1n) is 11.8. The zero-order valence-electron chi connectivity index (χ0n) is 19.2. The second-order valence-electron chi connectivity index (χ2n) is 9.00. The van der Waals surface area contributed by atoms with Crippen LogP contribution in [0.2, 0.25) is 0 Å². The maximum absolute atomic E-state index is 13.3. The lowest BCUT2D eigenvalue weighted by molar-refractivity contribution is -0.117. The number of halogens is 1. The zero-order valence-corrected chi connectivity index (χ0v) is 19.2. The Labute approximate surface area is 190 Å². The zero-order chi connectivity index (χ0) is 22.5. The molecule has 2 saturated heterocycles. The third-order valence-corrected chi connectivity index (χ3v) is 6.64. The van der Waals surface area contributed by atoms with E-state index in [9.17, 15) is 9.18 Å². The van der Waals surface area contributed by atoms with Gasteiger partial charge in [-0.15, -0.1) is 0 Å². The minimum absolute atomic E-state index is 0.177. The van der Waals surface area contributed by atoms with Gasteiger partial charge in [-0.3, -0.25) is 4.79 Å². The van der Waals surface area contributed by atoms with E-state index in [1.165, 1.54) is 31.5 Å². The van der Waals surface area contributed by atoms with Crippen molar-refractivity contribution >= 4 is 17.3 Å². The van der Waals surface area contributed by atoms with E-state index in [4.69, 9.17) is 4.74 Å². The van der Waals surface area contributed by atoms with E-state index >= 15 is 0 Å². The van der Waals surface area contributed by atoms with Crippen LogP contribution in [0.25, 0.3) is 0 Å². The molecule has 1 atom stereocenters. The molecule has 2 aromatic carbocycles. The Morgan fingerprint density at radius 3 is 2.62 bits per heavy atom. The third-order valence-electron chi connectivity index (χ3n) is 6.64. The summed E-state index contributed by atoms with van der Waals surface area (Å²) in [7, 11) is 1.99. The fourth-order valence-electron chi connectivity index (χ4n) is 4.74. The van der Waals surface area contributed by atoms with Crippen molar-refractivity contribution in [2.75, 3.05) is 43.1 Å². The molecule has 2 aromatic rings. The van der Waals surface area contributed by atoms with Crippen LogP contribution >= 0.6 is 0 Å². The molecule has 4 rings (SSSR count). The lowest BCUT2D eigenvalue weighted by atomic mass is 10.1. The van der Waals surface area contributed by atoms with Crippen molar-refractivity contribution in [3.05, 3.63) is 53.8 Å². The maximum Gasteiger partial charge on any atom is 0.227 e. The SMILES string of the molecule is CC1CCCN1CCCOc1ccc(N2CCCC2=O)cc1CN(C)c1ccc(F)cc1. The number of carbonyl (C=O) groups excluding carboxylic acids is 1. The van der Waals surface area contributed by atoms with Gasteiger partial charge in [-0.2, -0.15) is 0 Å². The highest BCUT2D eigenvalue weighted by atomic mass is 19.1. The lowest BCUT2D eigenvalue weighted by Crippen LogP contribution is -2.28. The van der Waals surface area contributed by atoms with Gasteiger partial charge in [0.25, 0.3) is 0 Å². The Morgan fingerprint density at radius 2 is 1.94 bits per heavy atom. The molecule has 172 valence electrons. The molecule has 0 spiro atoms. The van der Waals surface area contributed by atoms with Gasteiger partial charge in [0.05, 0.1) is 6.61 Å². The van der Waals surface area contributed by atoms with E-state index in [1.54, 1.807) is 12.1 Å². The fraction of sp³-hybridized carbons (Fsp3) is 0.500. The Kier molecular flexibility index (Phi) is 7.30. The van der Waals surface area contributed by atoms with Crippen LogP contribution in [0, 0.1) is 5.82 Å². The average molecular weight is 440 g/mol. The Hall–Kier alpha value is -2.60. The molecule has 2 heterocycles. The monoisotopic (exact) mass is 439 g/mol. The van der Waals surface area contributed by atoms with E-state index in [0.29, 0.717) is 25.6 Å². The number of nitrogens with zero attached hydrogens (tertiary/aromatic N) is 3. The van der Waals surface area contributed by atoms with Gasteiger partial charge in [0.15, 0.2) is 0 Å². The summed E-state index contributed by atoms with van der Waals surface area (Å²) >= 11 is 0. The summed E-state index contributed by atoms with van der Waals surface area (Å²) in [5.41, 5.74) is 2.89.